The number of benzene rings is 1. The molecule has 5 N–H and O–H groups in total. The number of primary amides is 1. The zero-order chi connectivity index (χ0) is 11.3. The second-order valence-electron chi connectivity index (χ2n) is 3.46. The van der Waals surface area contributed by atoms with Crippen molar-refractivity contribution in [2.45, 2.75) is 13.3 Å². The Morgan fingerprint density at radius 1 is 1.47 bits per heavy atom. The van der Waals surface area contributed by atoms with Gasteiger partial charge in [0.25, 0.3) is 0 Å². The molecule has 4 heteroatoms. The molecule has 0 radical (unpaired) electrons. The normalized spacial score (nSPS) is 10.0. The maximum absolute atomic E-state index is 10.9. The van der Waals surface area contributed by atoms with Crippen LogP contribution in [0.1, 0.15) is 22.3 Å². The van der Waals surface area contributed by atoms with Crippen LogP contribution < -0.4 is 16.8 Å². The highest BCUT2D eigenvalue weighted by Crippen LogP contribution is 2.16. The van der Waals surface area contributed by atoms with Gasteiger partial charge in [0.15, 0.2) is 0 Å². The van der Waals surface area contributed by atoms with Crippen LogP contribution in [0.5, 0.6) is 0 Å². The van der Waals surface area contributed by atoms with Gasteiger partial charge in [-0.25, -0.2) is 0 Å². The molecule has 82 valence electrons. The summed E-state index contributed by atoms with van der Waals surface area (Å²) >= 11 is 0. The number of carbonyl (C=O) groups excluding carboxylic acids is 1. The minimum Gasteiger partial charge on any atom is -0.385 e. The summed E-state index contributed by atoms with van der Waals surface area (Å²) in [6.07, 6.45) is 0.928. The maximum Gasteiger partial charge on any atom is 0.248 e. The van der Waals surface area contributed by atoms with Gasteiger partial charge in [0.1, 0.15) is 0 Å². The zero-order valence-corrected chi connectivity index (χ0v) is 8.92. The highest BCUT2D eigenvalue weighted by Gasteiger charge is 2.03. The molecule has 0 unspecified atom stereocenters. The monoisotopic (exact) mass is 207 g/mol. The molecule has 1 amide bonds. The van der Waals surface area contributed by atoms with Crippen LogP contribution in [0, 0.1) is 6.92 Å². The molecular weight excluding hydrogens is 190 g/mol. The fourth-order valence-electron chi connectivity index (χ4n) is 1.34. The largest absolute Gasteiger partial charge is 0.385 e. The van der Waals surface area contributed by atoms with Gasteiger partial charge in [-0.15, -0.1) is 0 Å². The third-order valence-electron chi connectivity index (χ3n) is 2.21. The fraction of sp³-hybridized carbons (Fsp3) is 0.364. The van der Waals surface area contributed by atoms with Crippen molar-refractivity contribution in [2.75, 3.05) is 18.4 Å². The topological polar surface area (TPSA) is 81.1 Å². The number of carbonyl (C=O) groups is 1. The molecule has 0 aliphatic rings. The number of nitrogens with two attached hydrogens (primary N) is 2. The lowest BCUT2D eigenvalue weighted by molar-refractivity contribution is 0.100. The Morgan fingerprint density at radius 3 is 2.73 bits per heavy atom. The molecule has 0 aliphatic carbocycles. The molecule has 0 aromatic heterocycles. The second-order valence-corrected chi connectivity index (χ2v) is 3.46. The summed E-state index contributed by atoms with van der Waals surface area (Å²) in [4.78, 5) is 10.9. The Kier molecular flexibility index (Phi) is 4.12. The zero-order valence-electron chi connectivity index (χ0n) is 8.92. The van der Waals surface area contributed by atoms with Crippen LogP contribution in [-0.4, -0.2) is 19.0 Å². The number of hydrogen-bond donors (Lipinski definition) is 3. The van der Waals surface area contributed by atoms with Gasteiger partial charge in [-0.1, -0.05) is 0 Å². The molecule has 0 fully saturated rings. The molecule has 15 heavy (non-hydrogen) atoms. The summed E-state index contributed by atoms with van der Waals surface area (Å²) in [7, 11) is 0. The lowest BCUT2D eigenvalue weighted by Crippen LogP contribution is -2.12. The summed E-state index contributed by atoms with van der Waals surface area (Å²) in [5.74, 6) is -0.397. The molecule has 4 nitrogen and oxygen atoms in total. The highest BCUT2D eigenvalue weighted by molar-refractivity contribution is 5.93. The van der Waals surface area contributed by atoms with Crippen molar-refractivity contribution in [1.82, 2.24) is 0 Å². The van der Waals surface area contributed by atoms with E-state index in [4.69, 9.17) is 11.5 Å². The van der Waals surface area contributed by atoms with Crippen molar-refractivity contribution in [3.05, 3.63) is 29.3 Å². The first kappa shape index (κ1) is 11.5. The van der Waals surface area contributed by atoms with Crippen molar-refractivity contribution in [3.63, 3.8) is 0 Å². The first-order chi connectivity index (χ1) is 7.15. The molecular formula is C11H17N3O. The lowest BCUT2D eigenvalue weighted by atomic mass is 10.1. The van der Waals surface area contributed by atoms with Gasteiger partial charge >= 0.3 is 0 Å². The van der Waals surface area contributed by atoms with Crippen molar-refractivity contribution in [1.29, 1.82) is 0 Å². The molecule has 1 aromatic rings. The van der Waals surface area contributed by atoms with E-state index in [-0.39, 0.29) is 0 Å². The van der Waals surface area contributed by atoms with E-state index in [1.165, 1.54) is 0 Å². The van der Waals surface area contributed by atoms with E-state index in [1.54, 1.807) is 12.1 Å². The van der Waals surface area contributed by atoms with Crippen molar-refractivity contribution < 1.29 is 4.79 Å². The van der Waals surface area contributed by atoms with Crippen molar-refractivity contribution >= 4 is 11.6 Å². The first-order valence-corrected chi connectivity index (χ1v) is 4.99. The van der Waals surface area contributed by atoms with Crippen LogP contribution in [0.3, 0.4) is 0 Å². The summed E-state index contributed by atoms with van der Waals surface area (Å²) in [5, 5.41) is 3.25. The molecule has 0 saturated heterocycles. The number of nitrogens with one attached hydrogen (secondary N) is 1. The Bertz CT molecular complexity index is 350. The van der Waals surface area contributed by atoms with E-state index in [9.17, 15) is 4.79 Å². The van der Waals surface area contributed by atoms with E-state index in [1.807, 2.05) is 13.0 Å². The van der Waals surface area contributed by atoms with Gasteiger partial charge in [-0.05, 0) is 43.7 Å². The van der Waals surface area contributed by atoms with Gasteiger partial charge in [0.2, 0.25) is 5.91 Å². The van der Waals surface area contributed by atoms with Crippen LogP contribution in [0.2, 0.25) is 0 Å². The Balaban J connectivity index is 2.70. The number of amides is 1. The van der Waals surface area contributed by atoms with E-state index in [0.717, 1.165) is 24.2 Å². The number of anilines is 1. The molecule has 1 aromatic carbocycles. The predicted octanol–water partition coefficient (Wildman–Crippen LogP) is 0.855. The third-order valence-corrected chi connectivity index (χ3v) is 2.21. The number of rotatable bonds is 5. The quantitative estimate of drug-likeness (QED) is 0.626. The van der Waals surface area contributed by atoms with Crippen LogP contribution in [-0.2, 0) is 0 Å². The molecule has 0 heterocycles. The van der Waals surface area contributed by atoms with Crippen LogP contribution in [0.25, 0.3) is 0 Å². The Labute approximate surface area is 89.6 Å². The molecule has 0 atom stereocenters. The van der Waals surface area contributed by atoms with Crippen molar-refractivity contribution in [3.8, 4) is 0 Å². The maximum atomic E-state index is 10.9. The fourth-order valence-corrected chi connectivity index (χ4v) is 1.34. The SMILES string of the molecule is Cc1cc(C(N)=O)ccc1NCCCN. The average Bonchev–Trinajstić information content (AvgIpc) is 2.20. The van der Waals surface area contributed by atoms with E-state index in [0.29, 0.717) is 12.1 Å². The van der Waals surface area contributed by atoms with Gasteiger partial charge in [-0.2, -0.15) is 0 Å². The summed E-state index contributed by atoms with van der Waals surface area (Å²) < 4.78 is 0. The highest BCUT2D eigenvalue weighted by atomic mass is 16.1. The molecule has 0 spiro atoms. The van der Waals surface area contributed by atoms with Crippen LogP contribution >= 0.6 is 0 Å². The lowest BCUT2D eigenvalue weighted by Gasteiger charge is -2.09. The number of hydrogen-bond acceptors (Lipinski definition) is 3. The van der Waals surface area contributed by atoms with Gasteiger partial charge in [0.05, 0.1) is 0 Å². The second kappa shape index (κ2) is 5.36. The number of aryl methyl sites for hydroxylation is 1. The van der Waals surface area contributed by atoms with E-state index < -0.39 is 5.91 Å². The van der Waals surface area contributed by atoms with Gasteiger partial charge < -0.3 is 16.8 Å². The molecule has 1 rings (SSSR count). The standard InChI is InChI=1S/C11H17N3O/c1-8-7-9(11(13)15)3-4-10(8)14-6-2-5-12/h3-4,7,14H,2,5-6,12H2,1H3,(H2,13,15). The predicted molar refractivity (Wildman–Crippen MR) is 61.9 cm³/mol. The minimum absolute atomic E-state index is 0.397. The molecule has 0 saturated carbocycles. The van der Waals surface area contributed by atoms with Gasteiger partial charge in [-0.3, -0.25) is 4.79 Å². The first-order valence-electron chi connectivity index (χ1n) is 4.99. The Morgan fingerprint density at radius 2 is 2.20 bits per heavy atom. The summed E-state index contributed by atoms with van der Waals surface area (Å²) in [5.41, 5.74) is 13.1. The summed E-state index contributed by atoms with van der Waals surface area (Å²) in [6.45, 7) is 3.45. The molecule has 0 bridgehead atoms. The Hall–Kier alpha value is -1.55. The molecule has 0 aliphatic heterocycles. The van der Waals surface area contributed by atoms with Crippen LogP contribution in [0.4, 0.5) is 5.69 Å². The average molecular weight is 207 g/mol. The smallest absolute Gasteiger partial charge is 0.248 e. The van der Waals surface area contributed by atoms with E-state index >= 15 is 0 Å². The van der Waals surface area contributed by atoms with Crippen LogP contribution in [0.15, 0.2) is 18.2 Å². The van der Waals surface area contributed by atoms with E-state index in [2.05, 4.69) is 5.32 Å². The summed E-state index contributed by atoms with van der Waals surface area (Å²) in [6, 6.07) is 5.37. The third kappa shape index (κ3) is 3.25. The van der Waals surface area contributed by atoms with Crippen molar-refractivity contribution in [2.24, 2.45) is 11.5 Å². The van der Waals surface area contributed by atoms with Gasteiger partial charge in [0, 0.05) is 17.8 Å². The minimum atomic E-state index is -0.397.